The lowest BCUT2D eigenvalue weighted by Gasteiger charge is -2.07. The Labute approximate surface area is 82.5 Å². The van der Waals surface area contributed by atoms with Gasteiger partial charge in [0.1, 0.15) is 0 Å². The van der Waals surface area contributed by atoms with Crippen LogP contribution in [-0.4, -0.2) is 5.24 Å². The molecule has 70 valence electrons. The first-order chi connectivity index (χ1) is 6.00. The van der Waals surface area contributed by atoms with E-state index in [4.69, 9.17) is 5.73 Å². The zero-order chi connectivity index (χ0) is 10.0. The quantitative estimate of drug-likeness (QED) is 0.700. The first-order valence-corrected chi connectivity index (χ1v) is 4.87. The average Bonchev–Trinajstić information content (AvgIpc) is 1.96. The summed E-state index contributed by atoms with van der Waals surface area (Å²) in [5, 5.41) is -0.352. The number of benzene rings is 1. The van der Waals surface area contributed by atoms with Crippen molar-refractivity contribution in [2.75, 3.05) is 0 Å². The Morgan fingerprint density at radius 2 is 1.69 bits per heavy atom. The predicted octanol–water partition coefficient (Wildman–Crippen LogP) is 2.78. The highest BCUT2D eigenvalue weighted by molar-refractivity contribution is 8.13. The fraction of sp³-hybridized carbons (Fsp3) is 0.300. The fourth-order valence-electron chi connectivity index (χ4n) is 1.43. The summed E-state index contributed by atoms with van der Waals surface area (Å²) in [6.07, 6.45) is 0. The van der Waals surface area contributed by atoms with Crippen LogP contribution >= 0.6 is 11.8 Å². The number of hydrogen-bond acceptors (Lipinski definition) is 2. The summed E-state index contributed by atoms with van der Waals surface area (Å²) < 4.78 is 0. The molecule has 0 radical (unpaired) electrons. The van der Waals surface area contributed by atoms with Crippen LogP contribution in [0.4, 0.5) is 4.79 Å². The molecule has 0 aliphatic rings. The second-order valence-corrected chi connectivity index (χ2v) is 4.16. The highest BCUT2D eigenvalue weighted by atomic mass is 32.2. The van der Waals surface area contributed by atoms with E-state index in [9.17, 15) is 4.79 Å². The summed E-state index contributed by atoms with van der Waals surface area (Å²) in [6.45, 7) is 6.02. The number of carbonyl (C=O) groups is 1. The Bertz CT molecular complexity index is 324. The van der Waals surface area contributed by atoms with Crippen LogP contribution in [-0.2, 0) is 0 Å². The molecule has 1 amide bonds. The number of rotatable bonds is 1. The highest BCUT2D eigenvalue weighted by Crippen LogP contribution is 2.27. The van der Waals surface area contributed by atoms with E-state index in [-0.39, 0.29) is 5.24 Å². The molecule has 1 aromatic rings. The lowest BCUT2D eigenvalue weighted by molar-refractivity contribution is 0.267. The minimum absolute atomic E-state index is 0.352. The Morgan fingerprint density at radius 1 is 1.23 bits per heavy atom. The molecule has 0 aliphatic carbocycles. The van der Waals surface area contributed by atoms with E-state index >= 15 is 0 Å². The molecule has 0 unspecified atom stereocenters. The monoisotopic (exact) mass is 195 g/mol. The van der Waals surface area contributed by atoms with Crippen molar-refractivity contribution in [3.63, 3.8) is 0 Å². The molecular weight excluding hydrogens is 182 g/mol. The molecule has 1 rings (SSSR count). The first-order valence-electron chi connectivity index (χ1n) is 4.06. The van der Waals surface area contributed by atoms with Crippen molar-refractivity contribution in [3.05, 3.63) is 28.8 Å². The van der Waals surface area contributed by atoms with Crippen LogP contribution in [0.3, 0.4) is 0 Å². The second kappa shape index (κ2) is 3.83. The SMILES string of the molecule is Cc1cc(C)c(SC(N)=O)c(C)c1. The van der Waals surface area contributed by atoms with Gasteiger partial charge in [0.15, 0.2) is 0 Å². The van der Waals surface area contributed by atoms with Crippen molar-refractivity contribution in [1.82, 2.24) is 0 Å². The van der Waals surface area contributed by atoms with Crippen LogP contribution in [0.15, 0.2) is 17.0 Å². The van der Waals surface area contributed by atoms with Gasteiger partial charge in [-0.25, -0.2) is 0 Å². The number of primary amides is 1. The van der Waals surface area contributed by atoms with E-state index in [1.54, 1.807) is 0 Å². The van der Waals surface area contributed by atoms with Gasteiger partial charge in [0.05, 0.1) is 0 Å². The zero-order valence-corrected chi connectivity index (χ0v) is 8.87. The van der Waals surface area contributed by atoms with E-state index in [1.165, 1.54) is 5.56 Å². The maximum Gasteiger partial charge on any atom is 0.281 e. The summed E-state index contributed by atoms with van der Waals surface area (Å²) in [7, 11) is 0. The van der Waals surface area contributed by atoms with Crippen molar-refractivity contribution in [3.8, 4) is 0 Å². The van der Waals surface area contributed by atoms with Crippen molar-refractivity contribution < 1.29 is 4.79 Å². The number of hydrogen-bond donors (Lipinski definition) is 1. The third-order valence-corrected chi connectivity index (χ3v) is 2.86. The maximum absolute atomic E-state index is 10.7. The van der Waals surface area contributed by atoms with Crippen LogP contribution in [0.2, 0.25) is 0 Å². The van der Waals surface area contributed by atoms with Gasteiger partial charge < -0.3 is 5.73 Å². The molecule has 1 aromatic carbocycles. The van der Waals surface area contributed by atoms with Gasteiger partial charge >= 0.3 is 0 Å². The van der Waals surface area contributed by atoms with Crippen molar-refractivity contribution in [2.45, 2.75) is 25.7 Å². The number of nitrogens with two attached hydrogens (primary N) is 1. The molecule has 0 aromatic heterocycles. The van der Waals surface area contributed by atoms with Crippen molar-refractivity contribution in [1.29, 1.82) is 0 Å². The molecule has 0 saturated heterocycles. The maximum atomic E-state index is 10.7. The van der Waals surface area contributed by atoms with Crippen LogP contribution in [0.1, 0.15) is 16.7 Å². The third kappa shape index (κ3) is 2.49. The molecule has 0 saturated carbocycles. The zero-order valence-electron chi connectivity index (χ0n) is 8.05. The van der Waals surface area contributed by atoms with Gasteiger partial charge in [-0.15, -0.1) is 0 Å². The Hall–Kier alpha value is -0.960. The van der Waals surface area contributed by atoms with E-state index in [0.717, 1.165) is 27.8 Å². The topological polar surface area (TPSA) is 43.1 Å². The summed E-state index contributed by atoms with van der Waals surface area (Å²) in [4.78, 5) is 11.7. The van der Waals surface area contributed by atoms with Crippen LogP contribution in [0, 0.1) is 20.8 Å². The van der Waals surface area contributed by atoms with Crippen molar-refractivity contribution in [2.24, 2.45) is 5.73 Å². The minimum Gasteiger partial charge on any atom is -0.360 e. The number of amides is 1. The standard InChI is InChI=1S/C10H13NOS/c1-6-4-7(2)9(8(3)5-6)13-10(11)12/h4-5H,1-3H3,(H2,11,12). The molecule has 3 heteroatoms. The van der Waals surface area contributed by atoms with E-state index in [1.807, 2.05) is 20.8 Å². The summed E-state index contributed by atoms with van der Waals surface area (Å²) in [5.41, 5.74) is 8.56. The Morgan fingerprint density at radius 3 is 2.08 bits per heavy atom. The molecule has 0 aliphatic heterocycles. The predicted molar refractivity (Wildman–Crippen MR) is 56.1 cm³/mol. The van der Waals surface area contributed by atoms with Gasteiger partial charge in [-0.05, 0) is 43.7 Å². The van der Waals surface area contributed by atoms with Crippen LogP contribution in [0.25, 0.3) is 0 Å². The molecule has 0 fully saturated rings. The molecule has 0 atom stereocenters. The largest absolute Gasteiger partial charge is 0.360 e. The molecule has 13 heavy (non-hydrogen) atoms. The van der Waals surface area contributed by atoms with Gasteiger partial charge in [0.25, 0.3) is 5.24 Å². The normalized spacial score (nSPS) is 10.1. The van der Waals surface area contributed by atoms with Crippen LogP contribution in [0.5, 0.6) is 0 Å². The second-order valence-electron chi connectivity index (χ2n) is 3.15. The van der Waals surface area contributed by atoms with Gasteiger partial charge in [0, 0.05) is 4.90 Å². The van der Waals surface area contributed by atoms with Gasteiger partial charge in [-0.2, -0.15) is 0 Å². The van der Waals surface area contributed by atoms with Gasteiger partial charge in [-0.1, -0.05) is 17.7 Å². The number of aryl methyl sites for hydroxylation is 3. The fourth-order valence-corrected chi connectivity index (χ4v) is 2.07. The molecule has 0 bridgehead atoms. The van der Waals surface area contributed by atoms with E-state index in [0.29, 0.717) is 0 Å². The van der Waals surface area contributed by atoms with Crippen LogP contribution < -0.4 is 5.73 Å². The number of carbonyl (C=O) groups excluding carboxylic acids is 1. The molecule has 0 spiro atoms. The minimum atomic E-state index is -0.352. The third-order valence-electron chi connectivity index (χ3n) is 1.81. The Kier molecular flexibility index (Phi) is 2.98. The molecule has 0 heterocycles. The lowest BCUT2D eigenvalue weighted by atomic mass is 10.1. The van der Waals surface area contributed by atoms with E-state index in [2.05, 4.69) is 12.1 Å². The highest BCUT2D eigenvalue weighted by Gasteiger charge is 2.06. The molecule has 2 N–H and O–H groups in total. The lowest BCUT2D eigenvalue weighted by Crippen LogP contribution is -2.03. The summed E-state index contributed by atoms with van der Waals surface area (Å²) in [6, 6.07) is 4.11. The molecular formula is C10H13NOS. The van der Waals surface area contributed by atoms with Crippen molar-refractivity contribution >= 4 is 17.0 Å². The number of thioether (sulfide) groups is 1. The molecule has 2 nitrogen and oxygen atoms in total. The average molecular weight is 195 g/mol. The van der Waals surface area contributed by atoms with Gasteiger partial charge in [0.2, 0.25) is 0 Å². The Balaban J connectivity index is 3.13. The summed E-state index contributed by atoms with van der Waals surface area (Å²) in [5.74, 6) is 0. The summed E-state index contributed by atoms with van der Waals surface area (Å²) >= 11 is 1.10. The van der Waals surface area contributed by atoms with Gasteiger partial charge in [-0.3, -0.25) is 4.79 Å². The smallest absolute Gasteiger partial charge is 0.281 e. The first kappa shape index (κ1) is 10.1. The van der Waals surface area contributed by atoms with E-state index < -0.39 is 0 Å².